The van der Waals surface area contributed by atoms with Gasteiger partial charge in [0.1, 0.15) is 0 Å². The lowest BCUT2D eigenvalue weighted by Gasteiger charge is -2.12. The number of alkyl halides is 3. The van der Waals surface area contributed by atoms with E-state index in [1.165, 1.54) is 0 Å². The Labute approximate surface area is 77.6 Å². The van der Waals surface area contributed by atoms with Gasteiger partial charge in [0, 0.05) is 0 Å². The van der Waals surface area contributed by atoms with Crippen LogP contribution in [0.5, 0.6) is 0 Å². The van der Waals surface area contributed by atoms with Crippen molar-refractivity contribution in [3.05, 3.63) is 0 Å². The summed E-state index contributed by atoms with van der Waals surface area (Å²) in [6.07, 6.45) is -5.98. The van der Waals surface area contributed by atoms with Gasteiger partial charge in [-0.3, -0.25) is 4.74 Å². The molecule has 0 radical (unpaired) electrons. The van der Waals surface area contributed by atoms with E-state index in [1.54, 1.807) is 0 Å². The average molecular weight is 214 g/mol. The fourth-order valence-electron chi connectivity index (χ4n) is 1.20. The predicted molar refractivity (Wildman–Crippen MR) is 37.5 cm³/mol. The maximum atomic E-state index is 11.6. The summed E-state index contributed by atoms with van der Waals surface area (Å²) in [4.78, 5) is 10.4. The van der Waals surface area contributed by atoms with E-state index in [0.29, 0.717) is 0 Å². The van der Waals surface area contributed by atoms with Crippen molar-refractivity contribution in [1.82, 2.24) is 0 Å². The van der Waals surface area contributed by atoms with Crippen LogP contribution in [0.15, 0.2) is 0 Å². The molecule has 0 spiro atoms. The fraction of sp³-hybridized carbons (Fsp3) is 0.857. The highest BCUT2D eigenvalue weighted by Crippen LogP contribution is 2.23. The van der Waals surface area contributed by atoms with E-state index in [1.807, 2.05) is 0 Å². The Bertz CT molecular complexity index is 215. The minimum absolute atomic E-state index is 0.223. The van der Waals surface area contributed by atoms with Crippen LogP contribution in [-0.2, 0) is 14.3 Å². The van der Waals surface area contributed by atoms with Crippen LogP contribution in [0.2, 0.25) is 0 Å². The smallest absolute Gasteiger partial charge is 0.479 e. The van der Waals surface area contributed by atoms with Gasteiger partial charge in [0.2, 0.25) is 0 Å². The Balaban J connectivity index is 2.26. The first-order valence-electron chi connectivity index (χ1n) is 3.97. The SMILES string of the molecule is O=C(O)C1CCC(COC(F)(F)F)O1. The Hall–Kier alpha value is -0.820. The molecule has 0 amide bonds. The molecule has 1 N–H and O–H groups in total. The molecule has 1 fully saturated rings. The van der Waals surface area contributed by atoms with Gasteiger partial charge in [-0.25, -0.2) is 4.79 Å². The van der Waals surface area contributed by atoms with Gasteiger partial charge in [0.25, 0.3) is 0 Å². The van der Waals surface area contributed by atoms with E-state index in [-0.39, 0.29) is 12.8 Å². The number of aliphatic carboxylic acids is 1. The molecule has 0 bridgehead atoms. The van der Waals surface area contributed by atoms with Crippen molar-refractivity contribution in [3.63, 3.8) is 0 Å². The molecule has 0 saturated carbocycles. The van der Waals surface area contributed by atoms with Crippen molar-refractivity contribution in [2.24, 2.45) is 0 Å². The zero-order valence-corrected chi connectivity index (χ0v) is 7.08. The topological polar surface area (TPSA) is 55.8 Å². The van der Waals surface area contributed by atoms with Gasteiger partial charge < -0.3 is 9.84 Å². The molecular weight excluding hydrogens is 205 g/mol. The molecule has 2 atom stereocenters. The minimum atomic E-state index is -4.69. The summed E-state index contributed by atoms with van der Waals surface area (Å²) < 4.78 is 43.0. The molecule has 1 saturated heterocycles. The number of ether oxygens (including phenoxy) is 2. The third-order valence-corrected chi connectivity index (χ3v) is 1.82. The molecule has 1 heterocycles. The van der Waals surface area contributed by atoms with Crippen LogP contribution in [0.4, 0.5) is 13.2 Å². The Morgan fingerprint density at radius 1 is 1.50 bits per heavy atom. The highest BCUT2D eigenvalue weighted by molar-refractivity contribution is 5.72. The molecule has 1 aliphatic rings. The maximum Gasteiger partial charge on any atom is 0.522 e. The van der Waals surface area contributed by atoms with Gasteiger partial charge >= 0.3 is 12.3 Å². The van der Waals surface area contributed by atoms with Crippen LogP contribution in [-0.4, -0.2) is 36.3 Å². The van der Waals surface area contributed by atoms with Crippen molar-refractivity contribution in [2.75, 3.05) is 6.61 Å². The van der Waals surface area contributed by atoms with Gasteiger partial charge in [0.05, 0.1) is 12.7 Å². The second-order valence-corrected chi connectivity index (χ2v) is 2.92. The first-order valence-corrected chi connectivity index (χ1v) is 3.97. The zero-order valence-electron chi connectivity index (χ0n) is 7.08. The van der Waals surface area contributed by atoms with Crippen molar-refractivity contribution >= 4 is 5.97 Å². The van der Waals surface area contributed by atoms with E-state index < -0.39 is 31.1 Å². The number of rotatable bonds is 3. The first-order chi connectivity index (χ1) is 6.38. The molecule has 1 rings (SSSR count). The molecule has 4 nitrogen and oxygen atoms in total. The van der Waals surface area contributed by atoms with Crippen LogP contribution in [0.3, 0.4) is 0 Å². The summed E-state index contributed by atoms with van der Waals surface area (Å²) in [5.41, 5.74) is 0. The number of carboxylic acid groups (broad SMARTS) is 1. The van der Waals surface area contributed by atoms with Crippen LogP contribution in [0.25, 0.3) is 0 Å². The zero-order chi connectivity index (χ0) is 10.8. The third-order valence-electron chi connectivity index (χ3n) is 1.82. The number of halogens is 3. The minimum Gasteiger partial charge on any atom is -0.479 e. The van der Waals surface area contributed by atoms with E-state index >= 15 is 0 Å². The van der Waals surface area contributed by atoms with Crippen molar-refractivity contribution in [1.29, 1.82) is 0 Å². The summed E-state index contributed by atoms with van der Waals surface area (Å²) in [5.74, 6) is -1.15. The van der Waals surface area contributed by atoms with E-state index in [0.717, 1.165) is 0 Å². The maximum absolute atomic E-state index is 11.6. The molecule has 0 aromatic carbocycles. The number of hydrogen-bond donors (Lipinski definition) is 1. The van der Waals surface area contributed by atoms with E-state index in [4.69, 9.17) is 9.84 Å². The first kappa shape index (κ1) is 11.3. The van der Waals surface area contributed by atoms with Crippen molar-refractivity contribution in [3.8, 4) is 0 Å². The predicted octanol–water partition coefficient (Wildman–Crippen LogP) is 1.15. The van der Waals surface area contributed by atoms with Gasteiger partial charge in [-0.15, -0.1) is 13.2 Å². The Kier molecular flexibility index (Phi) is 3.33. The van der Waals surface area contributed by atoms with Crippen molar-refractivity contribution < 1.29 is 32.5 Å². The summed E-state index contributed by atoms with van der Waals surface area (Å²) in [5, 5.41) is 8.47. The van der Waals surface area contributed by atoms with Gasteiger partial charge in [-0.2, -0.15) is 0 Å². The largest absolute Gasteiger partial charge is 0.522 e. The number of carboxylic acids is 1. The van der Waals surface area contributed by atoms with Crippen LogP contribution in [0, 0.1) is 0 Å². The van der Waals surface area contributed by atoms with Crippen LogP contribution in [0.1, 0.15) is 12.8 Å². The monoisotopic (exact) mass is 214 g/mol. The second kappa shape index (κ2) is 4.14. The molecule has 2 unspecified atom stereocenters. The quantitative estimate of drug-likeness (QED) is 0.765. The molecule has 82 valence electrons. The van der Waals surface area contributed by atoms with E-state index in [2.05, 4.69) is 4.74 Å². The highest BCUT2D eigenvalue weighted by atomic mass is 19.4. The lowest BCUT2D eigenvalue weighted by Crippen LogP contribution is -2.25. The summed E-state index contributed by atoms with van der Waals surface area (Å²) in [6.45, 7) is -0.646. The molecule has 0 aliphatic carbocycles. The van der Waals surface area contributed by atoms with Gasteiger partial charge in [0.15, 0.2) is 6.10 Å². The van der Waals surface area contributed by atoms with E-state index in [9.17, 15) is 18.0 Å². The molecular formula is C7H9F3O4. The molecule has 0 aromatic rings. The molecule has 0 aromatic heterocycles. The highest BCUT2D eigenvalue weighted by Gasteiger charge is 2.35. The van der Waals surface area contributed by atoms with Gasteiger partial charge in [-0.05, 0) is 12.8 Å². The number of carbonyl (C=O) groups is 1. The lowest BCUT2D eigenvalue weighted by atomic mass is 10.2. The third kappa shape index (κ3) is 3.51. The summed E-state index contributed by atoms with van der Waals surface area (Å²) in [6, 6.07) is 0. The Morgan fingerprint density at radius 2 is 2.14 bits per heavy atom. The summed E-state index contributed by atoms with van der Waals surface area (Å²) in [7, 11) is 0. The standard InChI is InChI=1S/C7H9F3O4/c8-7(9,10)13-3-4-1-2-5(14-4)6(11)12/h4-5H,1-3H2,(H,11,12). The lowest BCUT2D eigenvalue weighted by molar-refractivity contribution is -0.331. The molecule has 14 heavy (non-hydrogen) atoms. The normalized spacial score (nSPS) is 27.9. The van der Waals surface area contributed by atoms with Crippen LogP contribution < -0.4 is 0 Å². The molecule has 7 heteroatoms. The number of hydrogen-bond acceptors (Lipinski definition) is 3. The second-order valence-electron chi connectivity index (χ2n) is 2.92. The van der Waals surface area contributed by atoms with Crippen molar-refractivity contribution in [2.45, 2.75) is 31.4 Å². The van der Waals surface area contributed by atoms with Gasteiger partial charge in [-0.1, -0.05) is 0 Å². The Morgan fingerprint density at radius 3 is 2.57 bits per heavy atom. The van der Waals surface area contributed by atoms with Crippen LogP contribution >= 0.6 is 0 Å². The fourth-order valence-corrected chi connectivity index (χ4v) is 1.20. The average Bonchev–Trinajstić information content (AvgIpc) is 2.47. The summed E-state index contributed by atoms with van der Waals surface area (Å²) >= 11 is 0. The molecule has 1 aliphatic heterocycles.